The molecule has 1 aliphatic carbocycles. The summed E-state index contributed by atoms with van der Waals surface area (Å²) >= 11 is 0. The minimum atomic E-state index is -1.06. The molecule has 1 aliphatic rings. The van der Waals surface area contributed by atoms with Gasteiger partial charge in [-0.3, -0.25) is 4.79 Å². The van der Waals surface area contributed by atoms with Crippen molar-refractivity contribution in [2.24, 2.45) is 5.41 Å². The Labute approximate surface area is 144 Å². The van der Waals surface area contributed by atoms with Crippen LogP contribution in [0.2, 0.25) is 0 Å². The fraction of sp³-hybridized carbons (Fsp3) is 0.824. The van der Waals surface area contributed by atoms with Gasteiger partial charge in [-0.25, -0.2) is 9.59 Å². The highest BCUT2D eigenvalue weighted by atomic mass is 16.4. The molecule has 24 heavy (non-hydrogen) atoms. The maximum Gasteiger partial charge on any atom is 0.326 e. The summed E-state index contributed by atoms with van der Waals surface area (Å²) < 4.78 is 0. The van der Waals surface area contributed by atoms with Gasteiger partial charge in [0.2, 0.25) is 5.91 Å². The number of carbonyl (C=O) groups excluding carboxylic acids is 2. The third kappa shape index (κ3) is 8.74. The minimum absolute atomic E-state index is 0.00341. The average Bonchev–Trinajstić information content (AvgIpc) is 2.49. The second-order valence-corrected chi connectivity index (χ2v) is 7.72. The molecule has 0 aromatic carbocycles. The van der Waals surface area contributed by atoms with Crippen LogP contribution in [0.3, 0.4) is 0 Å². The van der Waals surface area contributed by atoms with Gasteiger partial charge >= 0.3 is 12.0 Å². The van der Waals surface area contributed by atoms with E-state index >= 15 is 0 Å². The van der Waals surface area contributed by atoms with Crippen molar-refractivity contribution >= 4 is 17.9 Å². The highest BCUT2D eigenvalue weighted by molar-refractivity contribution is 5.87. The molecule has 0 heterocycles. The van der Waals surface area contributed by atoms with Crippen molar-refractivity contribution in [2.45, 2.75) is 77.8 Å². The number of rotatable bonds is 7. The Morgan fingerprint density at radius 3 is 2.29 bits per heavy atom. The lowest BCUT2D eigenvalue weighted by Gasteiger charge is -2.23. The third-order valence-electron chi connectivity index (χ3n) is 4.17. The topological polar surface area (TPSA) is 108 Å². The van der Waals surface area contributed by atoms with Crippen LogP contribution in [0.15, 0.2) is 0 Å². The van der Waals surface area contributed by atoms with Crippen LogP contribution >= 0.6 is 0 Å². The van der Waals surface area contributed by atoms with Gasteiger partial charge in [0.1, 0.15) is 6.04 Å². The smallest absolute Gasteiger partial charge is 0.326 e. The van der Waals surface area contributed by atoms with Gasteiger partial charge in [-0.05, 0) is 31.1 Å². The number of urea groups is 1. The lowest BCUT2D eigenvalue weighted by molar-refractivity contribution is -0.142. The number of carbonyl (C=O) groups is 3. The van der Waals surface area contributed by atoms with Crippen LogP contribution in [0.25, 0.3) is 0 Å². The molecule has 138 valence electrons. The van der Waals surface area contributed by atoms with Crippen LogP contribution in [0, 0.1) is 5.41 Å². The Balaban J connectivity index is 2.31. The van der Waals surface area contributed by atoms with Crippen LogP contribution in [-0.2, 0) is 9.59 Å². The van der Waals surface area contributed by atoms with Crippen LogP contribution in [0.5, 0.6) is 0 Å². The van der Waals surface area contributed by atoms with Gasteiger partial charge in [0.25, 0.3) is 0 Å². The molecule has 0 radical (unpaired) electrons. The predicted octanol–water partition coefficient (Wildman–Crippen LogP) is 2.01. The summed E-state index contributed by atoms with van der Waals surface area (Å²) in [7, 11) is 0. The summed E-state index contributed by atoms with van der Waals surface area (Å²) in [5.41, 5.74) is -0.00341. The van der Waals surface area contributed by atoms with Crippen LogP contribution in [-0.4, -0.2) is 41.6 Å². The molecule has 1 saturated carbocycles. The van der Waals surface area contributed by atoms with E-state index < -0.39 is 17.9 Å². The van der Waals surface area contributed by atoms with E-state index in [2.05, 4.69) is 16.0 Å². The van der Waals surface area contributed by atoms with E-state index in [1.807, 2.05) is 20.8 Å². The Kier molecular flexibility index (Phi) is 8.01. The van der Waals surface area contributed by atoms with Crippen molar-refractivity contribution in [3.8, 4) is 0 Å². The van der Waals surface area contributed by atoms with Gasteiger partial charge in [0, 0.05) is 6.04 Å². The average molecular weight is 341 g/mol. The van der Waals surface area contributed by atoms with Crippen LogP contribution in [0.1, 0.15) is 65.7 Å². The summed E-state index contributed by atoms with van der Waals surface area (Å²) in [5, 5.41) is 17.0. The third-order valence-corrected chi connectivity index (χ3v) is 4.17. The fourth-order valence-electron chi connectivity index (χ4n) is 2.72. The van der Waals surface area contributed by atoms with Gasteiger partial charge in [-0.1, -0.05) is 40.0 Å². The molecular formula is C17H31N3O4. The number of hydrogen-bond acceptors (Lipinski definition) is 3. The van der Waals surface area contributed by atoms with Crippen molar-refractivity contribution in [3.05, 3.63) is 0 Å². The number of carboxylic acids is 1. The summed E-state index contributed by atoms with van der Waals surface area (Å²) in [6.07, 6.45) is 6.39. The van der Waals surface area contributed by atoms with E-state index in [-0.39, 0.29) is 24.0 Å². The largest absolute Gasteiger partial charge is 0.480 e. The van der Waals surface area contributed by atoms with Crippen molar-refractivity contribution < 1.29 is 19.5 Å². The van der Waals surface area contributed by atoms with Gasteiger partial charge < -0.3 is 21.1 Å². The fourth-order valence-corrected chi connectivity index (χ4v) is 2.72. The zero-order chi connectivity index (χ0) is 18.2. The van der Waals surface area contributed by atoms with E-state index in [4.69, 9.17) is 0 Å². The first-order chi connectivity index (χ1) is 11.2. The van der Waals surface area contributed by atoms with E-state index in [0.717, 1.165) is 25.7 Å². The molecule has 0 spiro atoms. The second kappa shape index (κ2) is 9.49. The molecule has 0 aromatic rings. The lowest BCUT2D eigenvalue weighted by Crippen LogP contribution is -2.49. The van der Waals surface area contributed by atoms with Gasteiger partial charge in [0.05, 0.1) is 6.54 Å². The van der Waals surface area contributed by atoms with Crippen LogP contribution in [0.4, 0.5) is 4.79 Å². The standard InChI is InChI=1S/C17H31N3O4/c1-17(2,3)10-9-13(15(22)23)20-14(21)11-18-16(24)19-12-7-5-4-6-8-12/h12-13H,4-11H2,1-3H3,(H,20,21)(H,22,23)(H2,18,19,24). The molecule has 0 bridgehead atoms. The maximum atomic E-state index is 11.9. The minimum Gasteiger partial charge on any atom is -0.480 e. The molecule has 1 unspecified atom stereocenters. The van der Waals surface area contributed by atoms with E-state index in [0.29, 0.717) is 12.8 Å². The summed E-state index contributed by atoms with van der Waals surface area (Å²) in [6, 6.07) is -1.14. The molecule has 1 fully saturated rings. The Hall–Kier alpha value is -1.79. The Morgan fingerprint density at radius 2 is 1.75 bits per heavy atom. The van der Waals surface area contributed by atoms with Crippen molar-refractivity contribution in [1.82, 2.24) is 16.0 Å². The first kappa shape index (κ1) is 20.3. The molecule has 0 saturated heterocycles. The Bertz CT molecular complexity index is 440. The zero-order valence-electron chi connectivity index (χ0n) is 15.0. The zero-order valence-corrected chi connectivity index (χ0v) is 15.0. The second-order valence-electron chi connectivity index (χ2n) is 7.72. The molecule has 0 aromatic heterocycles. The maximum absolute atomic E-state index is 11.9. The van der Waals surface area contributed by atoms with Crippen molar-refractivity contribution in [2.75, 3.05) is 6.54 Å². The highest BCUT2D eigenvalue weighted by Crippen LogP contribution is 2.21. The lowest BCUT2D eigenvalue weighted by atomic mass is 9.88. The van der Waals surface area contributed by atoms with E-state index in [1.165, 1.54) is 6.42 Å². The molecular weight excluding hydrogens is 310 g/mol. The summed E-state index contributed by atoms with van der Waals surface area (Å²) in [5.74, 6) is -1.55. The monoisotopic (exact) mass is 341 g/mol. The molecule has 3 amide bonds. The molecule has 0 aliphatic heterocycles. The SMILES string of the molecule is CC(C)(C)CCC(NC(=O)CNC(=O)NC1CCCCC1)C(=O)O. The normalized spacial score (nSPS) is 17.0. The number of hydrogen-bond donors (Lipinski definition) is 4. The number of nitrogens with one attached hydrogen (secondary N) is 3. The summed E-state index contributed by atoms with van der Waals surface area (Å²) in [4.78, 5) is 34.9. The van der Waals surface area contributed by atoms with Crippen LogP contribution < -0.4 is 16.0 Å². The summed E-state index contributed by atoms with van der Waals surface area (Å²) in [6.45, 7) is 5.83. The van der Waals surface area contributed by atoms with Crippen molar-refractivity contribution in [3.63, 3.8) is 0 Å². The van der Waals surface area contributed by atoms with Crippen molar-refractivity contribution in [1.29, 1.82) is 0 Å². The molecule has 4 N–H and O–H groups in total. The van der Waals surface area contributed by atoms with Gasteiger partial charge in [-0.15, -0.1) is 0 Å². The number of amides is 3. The van der Waals surface area contributed by atoms with E-state index in [9.17, 15) is 19.5 Å². The van der Waals surface area contributed by atoms with E-state index in [1.54, 1.807) is 0 Å². The van der Waals surface area contributed by atoms with Gasteiger partial charge in [-0.2, -0.15) is 0 Å². The first-order valence-corrected chi connectivity index (χ1v) is 8.74. The molecule has 1 rings (SSSR count). The Morgan fingerprint density at radius 1 is 1.12 bits per heavy atom. The van der Waals surface area contributed by atoms with Gasteiger partial charge in [0.15, 0.2) is 0 Å². The highest BCUT2D eigenvalue weighted by Gasteiger charge is 2.23. The first-order valence-electron chi connectivity index (χ1n) is 8.74. The molecule has 1 atom stereocenters. The molecule has 7 heteroatoms. The molecule has 7 nitrogen and oxygen atoms in total. The quantitative estimate of drug-likeness (QED) is 0.568. The predicted molar refractivity (Wildman–Crippen MR) is 91.7 cm³/mol. The number of aliphatic carboxylic acids is 1. The number of carboxylic acid groups (broad SMARTS) is 1.